The van der Waals surface area contributed by atoms with Crippen molar-refractivity contribution in [1.29, 1.82) is 0 Å². The topological polar surface area (TPSA) is 32.3 Å². The molecule has 1 aromatic carbocycles. The summed E-state index contributed by atoms with van der Waals surface area (Å²) in [6.07, 6.45) is 3.53. The number of nitrogens with zero attached hydrogens (tertiary/aromatic N) is 4. The standard InChI is InChI=1S/C26H34N4S3.CH4/c1-5-16-30(7-3)18-20-11-15-24(32-20)22-13-12-21(25-26(22)28-33-27-25)23-14-10-19(31-23)9-8-17-29(4)6-2;/h10-15H,5-9,16-18H2,1-4H3;1H4. The predicted molar refractivity (Wildman–Crippen MR) is 154 cm³/mol. The first-order chi connectivity index (χ1) is 16.1. The van der Waals surface area contributed by atoms with Crippen LogP contribution in [0.1, 0.15) is 50.8 Å². The minimum Gasteiger partial charge on any atom is -0.307 e. The van der Waals surface area contributed by atoms with Crippen LogP contribution >= 0.6 is 34.4 Å². The Bertz CT molecular complexity index is 1160. The molecule has 4 nitrogen and oxygen atoms in total. The fourth-order valence-corrected chi connectivity index (χ4v) is 6.82. The Balaban J connectivity index is 0.00000324. The highest BCUT2D eigenvalue weighted by molar-refractivity contribution is 7.16. The summed E-state index contributed by atoms with van der Waals surface area (Å²) in [5.41, 5.74) is 4.48. The molecule has 3 aromatic heterocycles. The highest BCUT2D eigenvalue weighted by Gasteiger charge is 2.16. The van der Waals surface area contributed by atoms with Gasteiger partial charge >= 0.3 is 0 Å². The van der Waals surface area contributed by atoms with Crippen LogP contribution in [0.4, 0.5) is 0 Å². The van der Waals surface area contributed by atoms with Gasteiger partial charge in [0.1, 0.15) is 11.0 Å². The van der Waals surface area contributed by atoms with Crippen LogP contribution in [0.3, 0.4) is 0 Å². The van der Waals surface area contributed by atoms with Crippen molar-refractivity contribution in [3.63, 3.8) is 0 Å². The molecule has 0 aliphatic heterocycles. The third-order valence-corrected chi connectivity index (χ3v) is 8.95. The third-order valence-electron chi connectivity index (χ3n) is 6.14. The number of aryl methyl sites for hydroxylation is 1. The number of hydrogen-bond acceptors (Lipinski definition) is 7. The molecule has 184 valence electrons. The molecule has 0 aliphatic rings. The largest absolute Gasteiger partial charge is 0.307 e. The Kier molecular flexibility index (Phi) is 10.2. The number of hydrogen-bond donors (Lipinski definition) is 0. The summed E-state index contributed by atoms with van der Waals surface area (Å²) >= 11 is 5.11. The summed E-state index contributed by atoms with van der Waals surface area (Å²) < 4.78 is 9.41. The first-order valence-corrected chi connectivity index (χ1v) is 14.3. The second-order valence-electron chi connectivity index (χ2n) is 8.52. The minimum atomic E-state index is 0. The van der Waals surface area contributed by atoms with Crippen LogP contribution in [0.25, 0.3) is 31.9 Å². The molecule has 0 atom stereocenters. The van der Waals surface area contributed by atoms with E-state index in [1.165, 1.54) is 55.2 Å². The molecule has 0 amide bonds. The van der Waals surface area contributed by atoms with E-state index in [4.69, 9.17) is 8.75 Å². The number of benzene rings is 1. The van der Waals surface area contributed by atoms with Gasteiger partial charge in [0.25, 0.3) is 0 Å². The summed E-state index contributed by atoms with van der Waals surface area (Å²) in [4.78, 5) is 10.3. The maximum absolute atomic E-state index is 4.71. The molecule has 0 saturated heterocycles. The van der Waals surface area contributed by atoms with Gasteiger partial charge in [-0.15, -0.1) is 22.7 Å². The molecule has 4 rings (SSSR count). The van der Waals surface area contributed by atoms with E-state index < -0.39 is 0 Å². The van der Waals surface area contributed by atoms with E-state index in [1.807, 2.05) is 22.7 Å². The minimum absolute atomic E-state index is 0. The van der Waals surface area contributed by atoms with Crippen LogP contribution in [0.5, 0.6) is 0 Å². The van der Waals surface area contributed by atoms with E-state index in [2.05, 4.69) is 74.0 Å². The molecule has 0 fully saturated rings. The molecular weight excluding hydrogens is 477 g/mol. The van der Waals surface area contributed by atoms with Gasteiger partial charge in [-0.2, -0.15) is 8.75 Å². The molecule has 3 heterocycles. The summed E-state index contributed by atoms with van der Waals surface area (Å²) in [6.45, 7) is 12.2. The van der Waals surface area contributed by atoms with E-state index in [-0.39, 0.29) is 7.43 Å². The molecule has 0 saturated carbocycles. The Morgan fingerprint density at radius 2 is 1.38 bits per heavy atom. The van der Waals surface area contributed by atoms with Crippen molar-refractivity contribution in [2.45, 2.75) is 54.0 Å². The van der Waals surface area contributed by atoms with E-state index >= 15 is 0 Å². The smallest absolute Gasteiger partial charge is 0.114 e. The SMILES string of the molecule is C.CCCN(CC)Cc1ccc(-c2ccc(-c3ccc(CCCN(C)CC)s3)c3nsnc23)s1. The highest BCUT2D eigenvalue weighted by Crippen LogP contribution is 2.39. The summed E-state index contributed by atoms with van der Waals surface area (Å²) in [5, 5.41) is 0. The highest BCUT2D eigenvalue weighted by atomic mass is 32.1. The monoisotopic (exact) mass is 514 g/mol. The lowest BCUT2D eigenvalue weighted by atomic mass is 10.1. The Morgan fingerprint density at radius 3 is 1.97 bits per heavy atom. The second kappa shape index (κ2) is 12.9. The first kappa shape index (κ1) is 27.0. The van der Waals surface area contributed by atoms with Crippen molar-refractivity contribution in [2.24, 2.45) is 0 Å². The normalized spacial score (nSPS) is 11.6. The number of rotatable bonds is 12. The van der Waals surface area contributed by atoms with Crippen LogP contribution in [-0.2, 0) is 13.0 Å². The number of fused-ring (bicyclic) bond motifs is 1. The van der Waals surface area contributed by atoms with Gasteiger partial charge in [-0.25, -0.2) is 0 Å². The van der Waals surface area contributed by atoms with E-state index in [9.17, 15) is 0 Å². The molecule has 4 aromatic rings. The Hall–Kier alpha value is -1.64. The van der Waals surface area contributed by atoms with E-state index in [0.29, 0.717) is 0 Å². The molecule has 7 heteroatoms. The lowest BCUT2D eigenvalue weighted by molar-refractivity contribution is 0.283. The van der Waals surface area contributed by atoms with Crippen molar-refractivity contribution in [2.75, 3.05) is 33.2 Å². The van der Waals surface area contributed by atoms with Crippen molar-refractivity contribution < 1.29 is 0 Å². The fourth-order valence-electron chi connectivity index (χ4n) is 4.10. The van der Waals surface area contributed by atoms with Crippen molar-refractivity contribution >= 4 is 45.4 Å². The van der Waals surface area contributed by atoms with Gasteiger partial charge in [-0.1, -0.05) is 40.3 Å². The lowest BCUT2D eigenvalue weighted by Gasteiger charge is -2.18. The summed E-state index contributed by atoms with van der Waals surface area (Å²) in [7, 11) is 2.19. The number of thiophene rings is 2. The van der Waals surface area contributed by atoms with Crippen LogP contribution in [-0.4, -0.2) is 51.8 Å². The van der Waals surface area contributed by atoms with Crippen LogP contribution in [0.2, 0.25) is 0 Å². The Morgan fingerprint density at radius 1 is 0.765 bits per heavy atom. The van der Waals surface area contributed by atoms with Crippen molar-refractivity contribution in [1.82, 2.24) is 18.5 Å². The molecule has 34 heavy (non-hydrogen) atoms. The average molecular weight is 515 g/mol. The van der Waals surface area contributed by atoms with Crippen LogP contribution in [0.15, 0.2) is 36.4 Å². The first-order valence-electron chi connectivity index (χ1n) is 12.0. The average Bonchev–Trinajstić information content (AvgIpc) is 3.59. The zero-order valence-corrected chi connectivity index (χ0v) is 22.6. The van der Waals surface area contributed by atoms with Gasteiger partial charge in [0.15, 0.2) is 0 Å². The zero-order valence-electron chi connectivity index (χ0n) is 20.1. The van der Waals surface area contributed by atoms with Crippen LogP contribution in [0, 0.1) is 0 Å². The quantitative estimate of drug-likeness (QED) is 0.192. The van der Waals surface area contributed by atoms with E-state index in [0.717, 1.165) is 50.2 Å². The lowest BCUT2D eigenvalue weighted by Crippen LogP contribution is -2.22. The van der Waals surface area contributed by atoms with Crippen molar-refractivity contribution in [3.05, 3.63) is 46.2 Å². The number of aromatic nitrogens is 2. The maximum atomic E-state index is 4.71. The molecule has 0 aliphatic carbocycles. The predicted octanol–water partition coefficient (Wildman–Crippen LogP) is 7.90. The van der Waals surface area contributed by atoms with Crippen LogP contribution < -0.4 is 0 Å². The Labute approximate surface area is 217 Å². The van der Waals surface area contributed by atoms with Crippen molar-refractivity contribution in [3.8, 4) is 20.9 Å². The molecule has 0 unspecified atom stereocenters. The molecule has 0 radical (unpaired) electrons. The maximum Gasteiger partial charge on any atom is 0.114 e. The summed E-state index contributed by atoms with van der Waals surface area (Å²) in [6, 6.07) is 13.6. The van der Waals surface area contributed by atoms with Gasteiger partial charge in [0, 0.05) is 37.2 Å². The molecule has 0 N–H and O–H groups in total. The second-order valence-corrected chi connectivity index (χ2v) is 11.4. The van der Waals surface area contributed by atoms with Gasteiger partial charge in [-0.3, -0.25) is 4.90 Å². The third kappa shape index (κ3) is 6.32. The van der Waals surface area contributed by atoms with Gasteiger partial charge in [0.2, 0.25) is 0 Å². The van der Waals surface area contributed by atoms with Gasteiger partial charge in [0.05, 0.1) is 11.7 Å². The summed E-state index contributed by atoms with van der Waals surface area (Å²) in [5.74, 6) is 0. The molecule has 0 bridgehead atoms. The van der Waals surface area contributed by atoms with E-state index in [1.54, 1.807) is 0 Å². The van der Waals surface area contributed by atoms with Gasteiger partial charge in [-0.05, 0) is 76.8 Å². The molecule has 0 spiro atoms. The van der Waals surface area contributed by atoms with Gasteiger partial charge < -0.3 is 4.90 Å². The zero-order chi connectivity index (χ0) is 23.2. The molecular formula is C27H38N4S3. The fraction of sp³-hybridized carbons (Fsp3) is 0.481.